The van der Waals surface area contributed by atoms with E-state index >= 15 is 0 Å². The number of thiophene rings is 1. The summed E-state index contributed by atoms with van der Waals surface area (Å²) in [5.41, 5.74) is 2.43. The largest absolute Gasteiger partial charge is 0.497 e. The molecule has 2 aromatic rings. The quantitative estimate of drug-likeness (QED) is 0.598. The third-order valence-corrected chi connectivity index (χ3v) is 5.82. The number of carbonyl (C=O) groups excluding carboxylic acids is 1. The first-order valence-corrected chi connectivity index (χ1v) is 10.4. The van der Waals surface area contributed by atoms with Gasteiger partial charge in [0.1, 0.15) is 12.3 Å². The number of rotatable bonds is 6. The molecule has 1 amide bonds. The maximum absolute atomic E-state index is 12.7. The molecule has 150 valence electrons. The van der Waals surface area contributed by atoms with E-state index in [9.17, 15) is 4.79 Å². The molecule has 0 atom stereocenters. The van der Waals surface area contributed by atoms with Gasteiger partial charge in [0.05, 0.1) is 7.11 Å². The molecule has 0 unspecified atom stereocenters. The lowest BCUT2D eigenvalue weighted by Gasteiger charge is -2.27. The van der Waals surface area contributed by atoms with Crippen molar-refractivity contribution in [2.45, 2.75) is 26.4 Å². The summed E-state index contributed by atoms with van der Waals surface area (Å²) < 4.78 is 5.21. The standard InChI is InChI=1S/C21H28N4O2S/c1-4-22-21(24(2)14-16-5-7-18(27-3)8-6-16)23-13-20(26)25-11-9-19-17(15-25)10-12-28-19/h5-8,10,12H,4,9,11,13-15H2,1-3H3,(H,22,23). The summed E-state index contributed by atoms with van der Waals surface area (Å²) in [6.07, 6.45) is 0.944. The van der Waals surface area contributed by atoms with Gasteiger partial charge in [0.15, 0.2) is 5.96 Å². The number of amides is 1. The Morgan fingerprint density at radius 3 is 2.82 bits per heavy atom. The van der Waals surface area contributed by atoms with Crippen LogP contribution in [0, 0.1) is 0 Å². The Morgan fingerprint density at radius 2 is 2.11 bits per heavy atom. The Kier molecular flexibility index (Phi) is 6.92. The molecule has 2 heterocycles. The van der Waals surface area contributed by atoms with E-state index in [-0.39, 0.29) is 12.5 Å². The molecule has 1 aromatic heterocycles. The second kappa shape index (κ2) is 9.59. The lowest BCUT2D eigenvalue weighted by atomic mass is 10.1. The molecule has 1 aliphatic heterocycles. The van der Waals surface area contributed by atoms with Gasteiger partial charge in [0.25, 0.3) is 0 Å². The van der Waals surface area contributed by atoms with Gasteiger partial charge < -0.3 is 19.9 Å². The molecule has 6 nitrogen and oxygen atoms in total. The van der Waals surface area contributed by atoms with E-state index in [0.29, 0.717) is 13.1 Å². The smallest absolute Gasteiger partial charge is 0.244 e. The molecule has 0 saturated heterocycles. The van der Waals surface area contributed by atoms with Gasteiger partial charge in [0.2, 0.25) is 5.91 Å². The number of nitrogens with zero attached hydrogens (tertiary/aromatic N) is 3. The number of benzene rings is 1. The minimum atomic E-state index is 0.0742. The summed E-state index contributed by atoms with van der Waals surface area (Å²) in [4.78, 5) is 22.6. The number of fused-ring (bicyclic) bond motifs is 1. The molecule has 0 aliphatic carbocycles. The van der Waals surface area contributed by atoms with Gasteiger partial charge in [-0.2, -0.15) is 0 Å². The number of carbonyl (C=O) groups is 1. The number of aliphatic imine (C=N–C) groups is 1. The Bertz CT molecular complexity index is 816. The third kappa shape index (κ3) is 5.04. The van der Waals surface area contributed by atoms with Crippen LogP contribution in [0.3, 0.4) is 0 Å². The number of methoxy groups -OCH3 is 1. The van der Waals surface area contributed by atoms with Gasteiger partial charge in [-0.15, -0.1) is 11.3 Å². The van der Waals surface area contributed by atoms with Crippen LogP contribution < -0.4 is 10.1 Å². The maximum atomic E-state index is 12.7. The van der Waals surface area contributed by atoms with E-state index < -0.39 is 0 Å². The highest BCUT2D eigenvalue weighted by atomic mass is 32.1. The molecule has 0 fully saturated rings. The van der Waals surface area contributed by atoms with E-state index in [1.165, 1.54) is 10.4 Å². The fourth-order valence-electron chi connectivity index (χ4n) is 3.25. The zero-order valence-electron chi connectivity index (χ0n) is 16.8. The number of ether oxygens (including phenoxy) is 1. The highest BCUT2D eigenvalue weighted by Gasteiger charge is 2.21. The Morgan fingerprint density at radius 1 is 1.32 bits per heavy atom. The van der Waals surface area contributed by atoms with E-state index in [1.54, 1.807) is 18.4 Å². The van der Waals surface area contributed by atoms with E-state index in [4.69, 9.17) is 4.74 Å². The van der Waals surface area contributed by atoms with Crippen molar-refractivity contribution in [2.24, 2.45) is 4.99 Å². The second-order valence-corrected chi connectivity index (χ2v) is 7.81. The van der Waals surface area contributed by atoms with Crippen LogP contribution in [0.1, 0.15) is 22.9 Å². The van der Waals surface area contributed by atoms with Crippen molar-refractivity contribution in [2.75, 3.05) is 33.8 Å². The van der Waals surface area contributed by atoms with Crippen LogP contribution in [0.5, 0.6) is 5.75 Å². The Labute approximate surface area is 170 Å². The molecular formula is C21H28N4O2S. The average Bonchev–Trinajstić information content (AvgIpc) is 3.19. The zero-order chi connectivity index (χ0) is 19.9. The van der Waals surface area contributed by atoms with Crippen molar-refractivity contribution in [1.82, 2.24) is 15.1 Å². The van der Waals surface area contributed by atoms with Gasteiger partial charge in [-0.1, -0.05) is 12.1 Å². The van der Waals surface area contributed by atoms with Gasteiger partial charge >= 0.3 is 0 Å². The predicted octanol–water partition coefficient (Wildman–Crippen LogP) is 2.74. The second-order valence-electron chi connectivity index (χ2n) is 6.81. The van der Waals surface area contributed by atoms with Crippen molar-refractivity contribution in [3.63, 3.8) is 0 Å². The monoisotopic (exact) mass is 400 g/mol. The van der Waals surface area contributed by atoms with Crippen LogP contribution in [-0.2, 0) is 24.3 Å². The lowest BCUT2D eigenvalue weighted by Crippen LogP contribution is -2.41. The van der Waals surface area contributed by atoms with Crippen LogP contribution in [0.25, 0.3) is 0 Å². The van der Waals surface area contributed by atoms with Gasteiger partial charge in [0, 0.05) is 38.1 Å². The van der Waals surface area contributed by atoms with Crippen LogP contribution in [0.15, 0.2) is 40.7 Å². The molecule has 0 saturated carbocycles. The molecule has 7 heteroatoms. The van der Waals surface area contributed by atoms with E-state index in [0.717, 1.165) is 36.8 Å². The molecular weight excluding hydrogens is 372 g/mol. The van der Waals surface area contributed by atoms with Crippen molar-refractivity contribution >= 4 is 23.2 Å². The van der Waals surface area contributed by atoms with Gasteiger partial charge in [-0.25, -0.2) is 4.99 Å². The molecule has 0 spiro atoms. The molecule has 1 aliphatic rings. The number of nitrogens with one attached hydrogen (secondary N) is 1. The predicted molar refractivity (Wildman–Crippen MR) is 114 cm³/mol. The lowest BCUT2D eigenvalue weighted by molar-refractivity contribution is -0.130. The molecule has 3 rings (SSSR count). The Hall–Kier alpha value is -2.54. The molecule has 1 N–H and O–H groups in total. The van der Waals surface area contributed by atoms with E-state index in [2.05, 4.69) is 21.8 Å². The summed E-state index contributed by atoms with van der Waals surface area (Å²) in [5, 5.41) is 5.38. The van der Waals surface area contributed by atoms with Gasteiger partial charge in [-0.05, 0) is 48.1 Å². The molecule has 28 heavy (non-hydrogen) atoms. The van der Waals surface area contributed by atoms with Crippen molar-refractivity contribution in [1.29, 1.82) is 0 Å². The van der Waals surface area contributed by atoms with Crippen molar-refractivity contribution in [3.05, 3.63) is 51.7 Å². The number of hydrogen-bond donors (Lipinski definition) is 1. The van der Waals surface area contributed by atoms with Crippen molar-refractivity contribution < 1.29 is 9.53 Å². The van der Waals surface area contributed by atoms with Gasteiger partial charge in [-0.3, -0.25) is 4.79 Å². The van der Waals surface area contributed by atoms with Crippen LogP contribution in [0.4, 0.5) is 0 Å². The molecule has 0 radical (unpaired) electrons. The fourth-order valence-corrected chi connectivity index (χ4v) is 4.14. The summed E-state index contributed by atoms with van der Waals surface area (Å²) in [6.45, 7) is 5.12. The summed E-state index contributed by atoms with van der Waals surface area (Å²) >= 11 is 1.78. The first-order chi connectivity index (χ1) is 13.6. The normalized spacial score (nSPS) is 13.8. The average molecular weight is 401 g/mol. The highest BCUT2D eigenvalue weighted by molar-refractivity contribution is 7.10. The zero-order valence-corrected chi connectivity index (χ0v) is 17.6. The summed E-state index contributed by atoms with van der Waals surface area (Å²) in [6, 6.07) is 10.1. The minimum Gasteiger partial charge on any atom is -0.497 e. The van der Waals surface area contributed by atoms with E-state index in [1.807, 2.05) is 48.0 Å². The fraction of sp³-hybridized carbons (Fsp3) is 0.429. The maximum Gasteiger partial charge on any atom is 0.244 e. The van der Waals surface area contributed by atoms with Crippen LogP contribution >= 0.6 is 11.3 Å². The van der Waals surface area contributed by atoms with Crippen LogP contribution in [-0.4, -0.2) is 55.5 Å². The Balaban J connectivity index is 1.60. The molecule has 0 bridgehead atoms. The number of hydrogen-bond acceptors (Lipinski definition) is 4. The SMILES string of the molecule is CCNC(=NCC(=O)N1CCc2sccc2C1)N(C)Cc1ccc(OC)cc1. The van der Waals surface area contributed by atoms with Crippen LogP contribution in [0.2, 0.25) is 0 Å². The van der Waals surface area contributed by atoms with Crippen molar-refractivity contribution in [3.8, 4) is 5.75 Å². The third-order valence-electron chi connectivity index (χ3n) is 4.80. The first-order valence-electron chi connectivity index (χ1n) is 9.56. The summed E-state index contributed by atoms with van der Waals surface area (Å²) in [5.74, 6) is 1.65. The highest BCUT2D eigenvalue weighted by Crippen LogP contribution is 2.24. The first kappa shape index (κ1) is 20.2. The summed E-state index contributed by atoms with van der Waals surface area (Å²) in [7, 11) is 3.64. The topological polar surface area (TPSA) is 57.2 Å². The molecule has 1 aromatic carbocycles. The number of guanidine groups is 1. The minimum absolute atomic E-state index is 0.0742.